The van der Waals surface area contributed by atoms with Crippen molar-refractivity contribution < 1.29 is 28.5 Å². The van der Waals surface area contributed by atoms with Gasteiger partial charge in [-0.05, 0) is 88.4 Å². The molecular weight excluding hydrogens is 824 g/mol. The quantitative estimate of drug-likeness (QED) is 0.0874. The van der Waals surface area contributed by atoms with Gasteiger partial charge in [0, 0.05) is 71.2 Å². The molecule has 322 valence electrons. The van der Waals surface area contributed by atoms with Crippen LogP contribution in [0.3, 0.4) is 0 Å². The number of rotatable bonds is 12. The summed E-state index contributed by atoms with van der Waals surface area (Å²) < 4.78 is 24.7. The van der Waals surface area contributed by atoms with E-state index in [0.717, 1.165) is 44.3 Å². The van der Waals surface area contributed by atoms with Gasteiger partial charge in [0.15, 0.2) is 5.15 Å². The van der Waals surface area contributed by atoms with Crippen molar-refractivity contribution in [3.63, 3.8) is 0 Å². The standard InChI is InChI=1S/C23H22ClN5O3.C23H23N5O3/c1-13(2)29-12-16(15-7-9-25-21(24)20(15)29)17-8-10-26-23(27-17)28-18-11-14(22(30)32-4)5-6-19(18)31-3;1-14(2)28-13-17(16-7-9-24-12-20(16)28)18-8-10-25-23(26-18)27-19-11-15(22(29)31-4)5-6-21(19)30-3/h5-13H,1-4H3,(H,26,27,28);5-14H,1-4H3,(H,25,26,27). The van der Waals surface area contributed by atoms with Gasteiger partial charge in [0.25, 0.3) is 0 Å². The highest BCUT2D eigenvalue weighted by Gasteiger charge is 2.19. The number of hydrogen-bond acceptors (Lipinski definition) is 14. The molecule has 63 heavy (non-hydrogen) atoms. The van der Waals surface area contributed by atoms with Crippen molar-refractivity contribution in [1.29, 1.82) is 0 Å². The van der Waals surface area contributed by atoms with Crippen LogP contribution in [0.1, 0.15) is 60.5 Å². The monoisotopic (exact) mass is 868 g/mol. The van der Waals surface area contributed by atoms with Crippen molar-refractivity contribution in [3.05, 3.63) is 120 Å². The van der Waals surface area contributed by atoms with Crippen LogP contribution in [0.15, 0.2) is 104 Å². The zero-order valence-electron chi connectivity index (χ0n) is 35.9. The lowest BCUT2D eigenvalue weighted by molar-refractivity contribution is 0.0592. The number of hydrogen-bond donors (Lipinski definition) is 2. The number of esters is 2. The summed E-state index contributed by atoms with van der Waals surface area (Å²) in [5.74, 6) is 0.962. The molecule has 17 heteroatoms. The molecule has 0 fully saturated rings. The van der Waals surface area contributed by atoms with Crippen LogP contribution in [0.5, 0.6) is 11.5 Å². The molecular formula is C46H45ClN10O6. The molecule has 0 aliphatic carbocycles. The maximum Gasteiger partial charge on any atom is 0.337 e. The van der Waals surface area contributed by atoms with Gasteiger partial charge in [-0.1, -0.05) is 11.6 Å². The Balaban J connectivity index is 0.000000189. The van der Waals surface area contributed by atoms with E-state index in [9.17, 15) is 9.59 Å². The first-order valence-corrected chi connectivity index (χ1v) is 20.2. The number of nitrogens with one attached hydrogen (secondary N) is 2. The molecule has 16 nitrogen and oxygen atoms in total. The first-order chi connectivity index (χ1) is 30.4. The molecule has 0 aliphatic heterocycles. The fourth-order valence-electron chi connectivity index (χ4n) is 6.98. The summed E-state index contributed by atoms with van der Waals surface area (Å²) in [5, 5.41) is 8.76. The number of carbonyl (C=O) groups is 2. The first-order valence-electron chi connectivity index (χ1n) is 19.8. The Labute approximate surface area is 368 Å². The number of halogens is 1. The highest BCUT2D eigenvalue weighted by molar-refractivity contribution is 6.34. The van der Waals surface area contributed by atoms with Gasteiger partial charge in [-0.2, -0.15) is 0 Å². The van der Waals surface area contributed by atoms with Crippen molar-refractivity contribution >= 4 is 68.6 Å². The number of fused-ring (bicyclic) bond motifs is 2. The number of methoxy groups -OCH3 is 4. The fraction of sp³-hybridized carbons (Fsp3) is 0.217. The number of anilines is 4. The summed E-state index contributed by atoms with van der Waals surface area (Å²) >= 11 is 6.40. The Hall–Kier alpha value is -7.59. The fourth-order valence-corrected chi connectivity index (χ4v) is 7.24. The van der Waals surface area contributed by atoms with E-state index >= 15 is 0 Å². The maximum absolute atomic E-state index is 11.9. The van der Waals surface area contributed by atoms with E-state index in [2.05, 4.69) is 73.6 Å². The lowest BCUT2D eigenvalue weighted by atomic mass is 10.1. The Bertz CT molecular complexity index is 2950. The summed E-state index contributed by atoms with van der Waals surface area (Å²) in [7, 11) is 5.79. The molecule has 2 aromatic carbocycles. The van der Waals surface area contributed by atoms with E-state index < -0.39 is 11.9 Å². The van der Waals surface area contributed by atoms with Gasteiger partial charge in [-0.15, -0.1) is 0 Å². The van der Waals surface area contributed by atoms with Gasteiger partial charge in [0.05, 0.1) is 79.6 Å². The number of aromatic nitrogens is 8. The lowest BCUT2D eigenvalue weighted by Gasteiger charge is -2.12. The van der Waals surface area contributed by atoms with Crippen LogP contribution in [0.2, 0.25) is 5.15 Å². The second kappa shape index (κ2) is 19.0. The normalized spacial score (nSPS) is 11.0. The van der Waals surface area contributed by atoms with Crippen molar-refractivity contribution in [1.82, 2.24) is 39.0 Å². The molecule has 6 heterocycles. The van der Waals surface area contributed by atoms with Crippen LogP contribution < -0.4 is 20.1 Å². The number of carbonyl (C=O) groups excluding carboxylic acids is 2. The minimum absolute atomic E-state index is 0.192. The van der Waals surface area contributed by atoms with E-state index in [4.69, 9.17) is 40.5 Å². The highest BCUT2D eigenvalue weighted by Crippen LogP contribution is 2.36. The predicted octanol–water partition coefficient (Wildman–Crippen LogP) is 9.88. The average Bonchev–Trinajstić information content (AvgIpc) is 3.90. The van der Waals surface area contributed by atoms with Crippen LogP contribution >= 0.6 is 11.6 Å². The molecule has 0 unspecified atom stereocenters. The maximum atomic E-state index is 11.9. The zero-order chi connectivity index (χ0) is 44.8. The third-order valence-electron chi connectivity index (χ3n) is 10.0. The molecule has 0 bridgehead atoms. The summed E-state index contributed by atoms with van der Waals surface area (Å²) in [4.78, 5) is 50.4. The Kier molecular flexibility index (Phi) is 13.1. The molecule has 0 spiro atoms. The molecule has 8 aromatic rings. The van der Waals surface area contributed by atoms with Gasteiger partial charge in [0.1, 0.15) is 11.5 Å². The number of benzene rings is 2. The van der Waals surface area contributed by atoms with Crippen LogP contribution in [-0.2, 0) is 9.47 Å². The lowest BCUT2D eigenvalue weighted by Crippen LogP contribution is -2.04. The Morgan fingerprint density at radius 1 is 0.619 bits per heavy atom. The minimum atomic E-state index is -0.447. The van der Waals surface area contributed by atoms with Crippen LogP contribution in [0.4, 0.5) is 23.3 Å². The van der Waals surface area contributed by atoms with Gasteiger partial charge < -0.3 is 38.7 Å². The molecule has 0 radical (unpaired) electrons. The molecule has 6 aromatic heterocycles. The number of ether oxygens (including phenoxy) is 4. The molecule has 0 saturated heterocycles. The average molecular weight is 869 g/mol. The third kappa shape index (κ3) is 9.21. The molecule has 8 rings (SSSR count). The largest absolute Gasteiger partial charge is 0.495 e. The summed E-state index contributed by atoms with van der Waals surface area (Å²) in [5.41, 5.74) is 7.20. The Morgan fingerprint density at radius 3 is 1.62 bits per heavy atom. The van der Waals surface area contributed by atoms with E-state index in [1.165, 1.54) is 14.2 Å². The molecule has 0 saturated carbocycles. The highest BCUT2D eigenvalue weighted by atomic mass is 35.5. The molecule has 0 atom stereocenters. The summed E-state index contributed by atoms with van der Waals surface area (Å²) in [6, 6.07) is 18.0. The van der Waals surface area contributed by atoms with E-state index in [0.29, 0.717) is 51.1 Å². The minimum Gasteiger partial charge on any atom is -0.495 e. The molecule has 0 aliphatic rings. The van der Waals surface area contributed by atoms with E-state index in [1.54, 1.807) is 75.4 Å². The van der Waals surface area contributed by atoms with Gasteiger partial charge in [0.2, 0.25) is 11.9 Å². The predicted molar refractivity (Wildman–Crippen MR) is 243 cm³/mol. The molecule has 0 amide bonds. The van der Waals surface area contributed by atoms with Crippen molar-refractivity contribution in [2.45, 2.75) is 39.8 Å². The number of pyridine rings is 2. The second-order valence-corrected chi connectivity index (χ2v) is 14.9. The smallest absolute Gasteiger partial charge is 0.337 e. The van der Waals surface area contributed by atoms with Crippen molar-refractivity contribution in [2.24, 2.45) is 0 Å². The number of nitrogens with zero attached hydrogens (tertiary/aromatic N) is 8. The van der Waals surface area contributed by atoms with E-state index in [1.807, 2.05) is 36.7 Å². The summed E-state index contributed by atoms with van der Waals surface area (Å²) in [6.07, 6.45) is 12.8. The second-order valence-electron chi connectivity index (χ2n) is 14.6. The van der Waals surface area contributed by atoms with Crippen LogP contribution in [0.25, 0.3) is 44.3 Å². The summed E-state index contributed by atoms with van der Waals surface area (Å²) in [6.45, 7) is 8.42. The topological polar surface area (TPSA) is 182 Å². The third-order valence-corrected chi connectivity index (χ3v) is 10.3. The first kappa shape index (κ1) is 43.5. The zero-order valence-corrected chi connectivity index (χ0v) is 36.6. The SMILES string of the molecule is COC(=O)c1ccc(OC)c(Nc2nccc(-c3cn(C(C)C)c4c(Cl)nccc34)n2)c1.COC(=O)c1ccc(OC)c(Nc2nccc(-c3cn(C(C)C)c4cnccc34)n2)c1. The van der Waals surface area contributed by atoms with Gasteiger partial charge in [-0.3, -0.25) is 4.98 Å². The van der Waals surface area contributed by atoms with Crippen molar-refractivity contribution in [3.8, 4) is 34.0 Å². The van der Waals surface area contributed by atoms with Gasteiger partial charge >= 0.3 is 11.9 Å². The molecule has 2 N–H and O–H groups in total. The van der Waals surface area contributed by atoms with Crippen LogP contribution in [0, 0.1) is 0 Å². The van der Waals surface area contributed by atoms with Gasteiger partial charge in [-0.25, -0.2) is 34.5 Å². The van der Waals surface area contributed by atoms with E-state index in [-0.39, 0.29) is 12.1 Å². The van der Waals surface area contributed by atoms with Crippen molar-refractivity contribution in [2.75, 3.05) is 39.1 Å². The Morgan fingerprint density at radius 2 is 1.11 bits per heavy atom. The van der Waals surface area contributed by atoms with Crippen LogP contribution in [-0.4, -0.2) is 79.4 Å².